The molecule has 3 rings (SSSR count). The summed E-state index contributed by atoms with van der Waals surface area (Å²) in [5.74, 6) is 2.40. The largest absolute Gasteiger partial charge is 0.495 e. The smallest absolute Gasteiger partial charge is 0.159 e. The Morgan fingerprint density at radius 2 is 1.80 bits per heavy atom. The molecule has 0 atom stereocenters. The average molecular weight is 364 g/mol. The second-order valence-corrected chi connectivity index (χ2v) is 6.23. The first kappa shape index (κ1) is 17.4. The quantitative estimate of drug-likeness (QED) is 0.841. The number of anilines is 4. The second kappa shape index (κ2) is 7.65. The Kier molecular flexibility index (Phi) is 5.33. The number of nitrogen functional groups attached to an aromatic ring is 1. The fourth-order valence-corrected chi connectivity index (χ4v) is 3.17. The Balaban J connectivity index is 1.92. The molecule has 1 aliphatic rings. The number of ether oxygens (including phenoxy) is 2. The monoisotopic (exact) mass is 363 g/mol. The summed E-state index contributed by atoms with van der Waals surface area (Å²) in [5.41, 5.74) is 7.49. The lowest BCUT2D eigenvalue weighted by Crippen LogP contribution is -2.31. The van der Waals surface area contributed by atoms with Crippen molar-refractivity contribution in [2.45, 2.75) is 19.3 Å². The molecule has 1 saturated heterocycles. The second-order valence-electron chi connectivity index (χ2n) is 5.82. The van der Waals surface area contributed by atoms with E-state index >= 15 is 0 Å². The van der Waals surface area contributed by atoms with Crippen molar-refractivity contribution in [3.05, 3.63) is 23.5 Å². The normalized spacial score (nSPS) is 14.3. The van der Waals surface area contributed by atoms with Crippen molar-refractivity contribution in [2.75, 3.05) is 43.3 Å². The van der Waals surface area contributed by atoms with Gasteiger partial charge in [-0.1, -0.05) is 11.6 Å². The first-order valence-corrected chi connectivity index (χ1v) is 8.55. The number of hydrogen-bond acceptors (Lipinski definition) is 7. The minimum Gasteiger partial charge on any atom is -0.495 e. The van der Waals surface area contributed by atoms with Crippen LogP contribution < -0.4 is 25.4 Å². The Morgan fingerprint density at radius 3 is 2.48 bits per heavy atom. The lowest BCUT2D eigenvalue weighted by Gasteiger charge is -2.29. The average Bonchev–Trinajstić information content (AvgIpc) is 2.64. The summed E-state index contributed by atoms with van der Waals surface area (Å²) in [6, 6.07) is 3.44. The van der Waals surface area contributed by atoms with E-state index in [-0.39, 0.29) is 0 Å². The Morgan fingerprint density at radius 1 is 1.08 bits per heavy atom. The summed E-state index contributed by atoms with van der Waals surface area (Å²) < 4.78 is 10.6. The third kappa shape index (κ3) is 3.66. The first-order chi connectivity index (χ1) is 12.1. The fourth-order valence-electron chi connectivity index (χ4n) is 2.93. The van der Waals surface area contributed by atoms with Crippen LogP contribution in [0, 0.1) is 0 Å². The minimum absolute atomic E-state index is 0.467. The predicted molar refractivity (Wildman–Crippen MR) is 100 cm³/mol. The summed E-state index contributed by atoms with van der Waals surface area (Å²) in [4.78, 5) is 10.8. The highest BCUT2D eigenvalue weighted by molar-refractivity contribution is 6.32. The summed E-state index contributed by atoms with van der Waals surface area (Å²) in [6.07, 6.45) is 5.05. The van der Waals surface area contributed by atoms with Crippen LogP contribution in [-0.2, 0) is 0 Å². The number of piperidine rings is 1. The van der Waals surface area contributed by atoms with E-state index in [1.807, 2.05) is 0 Å². The topological polar surface area (TPSA) is 85.5 Å². The number of halogens is 1. The van der Waals surface area contributed by atoms with Crippen LogP contribution in [0.1, 0.15) is 19.3 Å². The van der Waals surface area contributed by atoms with Gasteiger partial charge in [-0.05, 0) is 25.3 Å². The lowest BCUT2D eigenvalue weighted by molar-refractivity contribution is 0.396. The van der Waals surface area contributed by atoms with E-state index in [0.717, 1.165) is 31.7 Å². The molecule has 8 heteroatoms. The molecule has 0 bridgehead atoms. The van der Waals surface area contributed by atoms with Gasteiger partial charge in [-0.3, -0.25) is 0 Å². The van der Waals surface area contributed by atoms with Crippen LogP contribution in [0.25, 0.3) is 0 Å². The molecule has 7 nitrogen and oxygen atoms in total. The van der Waals surface area contributed by atoms with Crippen LogP contribution in [-0.4, -0.2) is 37.3 Å². The van der Waals surface area contributed by atoms with Crippen LogP contribution in [0.3, 0.4) is 0 Å². The van der Waals surface area contributed by atoms with Gasteiger partial charge in [-0.25, -0.2) is 9.97 Å². The zero-order valence-corrected chi connectivity index (χ0v) is 15.1. The van der Waals surface area contributed by atoms with Crippen molar-refractivity contribution in [3.63, 3.8) is 0 Å². The predicted octanol–water partition coefficient (Wildman–Crippen LogP) is 3.46. The van der Waals surface area contributed by atoms with Crippen molar-refractivity contribution >= 4 is 34.6 Å². The third-order valence-electron chi connectivity index (χ3n) is 4.25. The van der Waals surface area contributed by atoms with E-state index in [0.29, 0.717) is 33.7 Å². The van der Waals surface area contributed by atoms with Crippen LogP contribution >= 0.6 is 11.6 Å². The Labute approximate surface area is 152 Å². The number of hydrogen-bond donors (Lipinski definition) is 2. The summed E-state index contributed by atoms with van der Waals surface area (Å²) in [7, 11) is 3.14. The van der Waals surface area contributed by atoms with E-state index in [1.165, 1.54) is 12.7 Å². The molecule has 134 valence electrons. The number of aromatic nitrogens is 2. The van der Waals surface area contributed by atoms with E-state index in [2.05, 4.69) is 20.2 Å². The van der Waals surface area contributed by atoms with Crippen molar-refractivity contribution in [3.8, 4) is 11.5 Å². The van der Waals surface area contributed by atoms with Gasteiger partial charge >= 0.3 is 0 Å². The van der Waals surface area contributed by atoms with Gasteiger partial charge in [0.25, 0.3) is 0 Å². The maximum Gasteiger partial charge on any atom is 0.159 e. The molecule has 1 aliphatic heterocycles. The molecule has 3 N–H and O–H groups in total. The molecule has 0 aliphatic carbocycles. The van der Waals surface area contributed by atoms with Gasteiger partial charge in [0.1, 0.15) is 23.5 Å². The van der Waals surface area contributed by atoms with Gasteiger partial charge in [0.15, 0.2) is 11.6 Å². The summed E-state index contributed by atoms with van der Waals surface area (Å²) in [6.45, 7) is 1.91. The maximum atomic E-state index is 6.32. The van der Waals surface area contributed by atoms with Crippen LogP contribution in [0.5, 0.6) is 11.5 Å². The Bertz CT molecular complexity index is 750. The number of rotatable bonds is 5. The van der Waals surface area contributed by atoms with E-state index in [9.17, 15) is 0 Å². The fraction of sp³-hybridized carbons (Fsp3) is 0.412. The Hall–Kier alpha value is -2.41. The highest BCUT2D eigenvalue weighted by atomic mass is 35.5. The van der Waals surface area contributed by atoms with E-state index in [4.69, 9.17) is 26.8 Å². The van der Waals surface area contributed by atoms with Crippen molar-refractivity contribution in [1.29, 1.82) is 0 Å². The molecular weight excluding hydrogens is 342 g/mol. The summed E-state index contributed by atoms with van der Waals surface area (Å²) >= 11 is 6.22. The SMILES string of the molecule is COc1cc(OC)c(Nc2ncnc(N3CCCCC3)c2N)cc1Cl. The molecule has 1 aromatic carbocycles. The molecule has 25 heavy (non-hydrogen) atoms. The van der Waals surface area contributed by atoms with Gasteiger partial charge in [0.2, 0.25) is 0 Å². The van der Waals surface area contributed by atoms with Gasteiger partial charge in [0, 0.05) is 19.2 Å². The number of benzene rings is 1. The molecular formula is C17H22ClN5O2. The highest BCUT2D eigenvalue weighted by Gasteiger charge is 2.18. The molecule has 2 aromatic rings. The number of nitrogens with zero attached hydrogens (tertiary/aromatic N) is 3. The van der Waals surface area contributed by atoms with Crippen molar-refractivity contribution < 1.29 is 9.47 Å². The van der Waals surface area contributed by atoms with Crippen LogP contribution in [0.15, 0.2) is 18.5 Å². The summed E-state index contributed by atoms with van der Waals surface area (Å²) in [5, 5.41) is 3.66. The van der Waals surface area contributed by atoms with Gasteiger partial charge in [0.05, 0.1) is 24.9 Å². The van der Waals surface area contributed by atoms with Gasteiger partial charge < -0.3 is 25.4 Å². The molecule has 1 fully saturated rings. The molecule has 1 aromatic heterocycles. The molecule has 2 heterocycles. The van der Waals surface area contributed by atoms with Crippen molar-refractivity contribution in [1.82, 2.24) is 9.97 Å². The third-order valence-corrected chi connectivity index (χ3v) is 4.54. The van der Waals surface area contributed by atoms with E-state index < -0.39 is 0 Å². The number of nitrogens with one attached hydrogen (secondary N) is 1. The van der Waals surface area contributed by atoms with Gasteiger partial charge in [-0.15, -0.1) is 0 Å². The molecule has 0 unspecified atom stereocenters. The highest BCUT2D eigenvalue weighted by Crippen LogP contribution is 2.38. The van der Waals surface area contributed by atoms with Crippen LogP contribution in [0.2, 0.25) is 5.02 Å². The van der Waals surface area contributed by atoms with E-state index in [1.54, 1.807) is 26.4 Å². The molecule has 0 radical (unpaired) electrons. The first-order valence-electron chi connectivity index (χ1n) is 8.18. The van der Waals surface area contributed by atoms with Crippen molar-refractivity contribution in [2.24, 2.45) is 0 Å². The minimum atomic E-state index is 0.467. The number of methoxy groups -OCH3 is 2. The maximum absolute atomic E-state index is 6.32. The zero-order chi connectivity index (χ0) is 17.8. The molecule has 0 amide bonds. The lowest BCUT2D eigenvalue weighted by atomic mass is 10.1. The van der Waals surface area contributed by atoms with Crippen LogP contribution in [0.4, 0.5) is 23.0 Å². The molecule has 0 saturated carbocycles. The number of nitrogens with two attached hydrogens (primary N) is 1. The molecule has 0 spiro atoms. The zero-order valence-electron chi connectivity index (χ0n) is 14.4. The van der Waals surface area contributed by atoms with Gasteiger partial charge in [-0.2, -0.15) is 0 Å². The standard InChI is InChI=1S/C17H22ClN5O2/c1-24-13-9-14(25-2)12(8-11(13)18)22-16-15(19)17(21-10-20-16)23-6-4-3-5-7-23/h8-10H,3-7,19H2,1-2H3,(H,20,21,22).